The third-order valence-electron chi connectivity index (χ3n) is 3.20. The molecule has 0 saturated carbocycles. The third kappa shape index (κ3) is 3.66. The zero-order valence-corrected chi connectivity index (χ0v) is 11.5. The SMILES string of the molecule is CCC(NC(COC)c1ccccc1)c1ncc[nH]1. The maximum absolute atomic E-state index is 5.33. The van der Waals surface area contributed by atoms with Crippen LogP contribution in [0, 0.1) is 0 Å². The van der Waals surface area contributed by atoms with Crippen molar-refractivity contribution in [3.63, 3.8) is 0 Å². The second kappa shape index (κ2) is 7.07. The summed E-state index contributed by atoms with van der Waals surface area (Å²) in [5.41, 5.74) is 1.23. The van der Waals surface area contributed by atoms with Crippen LogP contribution < -0.4 is 5.32 Å². The molecule has 0 amide bonds. The van der Waals surface area contributed by atoms with E-state index in [4.69, 9.17) is 4.74 Å². The second-order valence-electron chi connectivity index (χ2n) is 4.52. The highest BCUT2D eigenvalue weighted by Crippen LogP contribution is 2.20. The van der Waals surface area contributed by atoms with Crippen LogP contribution in [0.25, 0.3) is 0 Å². The van der Waals surface area contributed by atoms with Crippen molar-refractivity contribution in [2.24, 2.45) is 0 Å². The van der Waals surface area contributed by atoms with E-state index in [0.717, 1.165) is 12.2 Å². The molecule has 2 unspecified atom stereocenters. The lowest BCUT2D eigenvalue weighted by molar-refractivity contribution is 0.159. The van der Waals surface area contributed by atoms with E-state index in [1.807, 2.05) is 24.4 Å². The van der Waals surface area contributed by atoms with Crippen LogP contribution in [0.1, 0.15) is 36.8 Å². The highest BCUT2D eigenvalue weighted by atomic mass is 16.5. The molecule has 0 aliphatic carbocycles. The highest BCUT2D eigenvalue weighted by Gasteiger charge is 2.18. The van der Waals surface area contributed by atoms with Gasteiger partial charge in [-0.3, -0.25) is 5.32 Å². The van der Waals surface area contributed by atoms with E-state index in [0.29, 0.717) is 6.61 Å². The number of benzene rings is 1. The quantitative estimate of drug-likeness (QED) is 0.804. The topological polar surface area (TPSA) is 49.9 Å². The van der Waals surface area contributed by atoms with Crippen LogP contribution in [0.5, 0.6) is 0 Å². The molecule has 0 aliphatic heterocycles. The van der Waals surface area contributed by atoms with Gasteiger partial charge in [0.15, 0.2) is 0 Å². The molecule has 4 heteroatoms. The molecule has 2 atom stereocenters. The number of ether oxygens (including phenoxy) is 1. The Hall–Kier alpha value is -1.65. The van der Waals surface area contributed by atoms with Gasteiger partial charge >= 0.3 is 0 Å². The van der Waals surface area contributed by atoms with Crippen LogP contribution in [0.3, 0.4) is 0 Å². The third-order valence-corrected chi connectivity index (χ3v) is 3.20. The van der Waals surface area contributed by atoms with Crippen LogP contribution in [-0.4, -0.2) is 23.7 Å². The Morgan fingerprint density at radius 3 is 2.63 bits per heavy atom. The van der Waals surface area contributed by atoms with Crippen LogP contribution >= 0.6 is 0 Å². The lowest BCUT2D eigenvalue weighted by Gasteiger charge is -2.23. The standard InChI is InChI=1S/C15H21N3O/c1-3-13(15-16-9-10-17-15)18-14(11-19-2)12-7-5-4-6-8-12/h4-10,13-14,18H,3,11H2,1-2H3,(H,16,17). The summed E-state index contributed by atoms with van der Waals surface area (Å²) in [5.74, 6) is 0.972. The summed E-state index contributed by atoms with van der Waals surface area (Å²) in [6, 6.07) is 10.7. The van der Waals surface area contributed by atoms with Crippen molar-refractivity contribution in [2.75, 3.05) is 13.7 Å². The molecule has 0 saturated heterocycles. The molecule has 1 aromatic carbocycles. The van der Waals surface area contributed by atoms with Crippen molar-refractivity contribution in [3.8, 4) is 0 Å². The molecule has 2 rings (SSSR count). The summed E-state index contributed by atoms with van der Waals surface area (Å²) in [4.78, 5) is 7.51. The monoisotopic (exact) mass is 259 g/mol. The van der Waals surface area contributed by atoms with Gasteiger partial charge in [0.05, 0.1) is 18.7 Å². The minimum atomic E-state index is 0.168. The Morgan fingerprint density at radius 2 is 2.05 bits per heavy atom. The maximum atomic E-state index is 5.33. The van der Waals surface area contributed by atoms with Crippen molar-refractivity contribution in [1.29, 1.82) is 0 Å². The number of rotatable bonds is 7. The Labute approximate surface area is 114 Å². The molecule has 4 nitrogen and oxygen atoms in total. The fraction of sp³-hybridized carbons (Fsp3) is 0.400. The fourth-order valence-corrected chi connectivity index (χ4v) is 2.19. The summed E-state index contributed by atoms with van der Waals surface area (Å²) in [6.07, 6.45) is 4.61. The van der Waals surface area contributed by atoms with Crippen LogP contribution in [0.15, 0.2) is 42.7 Å². The van der Waals surface area contributed by atoms with Gasteiger partial charge in [0.25, 0.3) is 0 Å². The van der Waals surface area contributed by atoms with E-state index in [2.05, 4.69) is 34.3 Å². The number of nitrogens with zero attached hydrogens (tertiary/aromatic N) is 1. The Kier molecular flexibility index (Phi) is 5.12. The van der Waals surface area contributed by atoms with Crippen molar-refractivity contribution in [2.45, 2.75) is 25.4 Å². The normalized spacial score (nSPS) is 14.2. The Bertz CT molecular complexity index is 456. The molecule has 0 fully saturated rings. The largest absolute Gasteiger partial charge is 0.383 e. The van der Waals surface area contributed by atoms with Gasteiger partial charge < -0.3 is 9.72 Å². The van der Waals surface area contributed by atoms with E-state index in [1.165, 1.54) is 5.56 Å². The van der Waals surface area contributed by atoms with Crippen molar-refractivity contribution < 1.29 is 4.74 Å². The zero-order valence-electron chi connectivity index (χ0n) is 11.5. The first-order valence-electron chi connectivity index (χ1n) is 6.64. The predicted octanol–water partition coefficient (Wildman–Crippen LogP) is 2.84. The number of aromatic nitrogens is 2. The van der Waals surface area contributed by atoms with Gasteiger partial charge in [0.1, 0.15) is 5.82 Å². The molecule has 1 heterocycles. The fourth-order valence-electron chi connectivity index (χ4n) is 2.19. The zero-order chi connectivity index (χ0) is 13.5. The lowest BCUT2D eigenvalue weighted by atomic mass is 10.1. The first kappa shape index (κ1) is 13.8. The smallest absolute Gasteiger partial charge is 0.123 e. The summed E-state index contributed by atoms with van der Waals surface area (Å²) in [6.45, 7) is 2.79. The van der Waals surface area contributed by atoms with Gasteiger partial charge in [0.2, 0.25) is 0 Å². The number of methoxy groups -OCH3 is 1. The van der Waals surface area contributed by atoms with Gasteiger partial charge in [-0.1, -0.05) is 37.3 Å². The van der Waals surface area contributed by atoms with Gasteiger partial charge in [0, 0.05) is 19.5 Å². The lowest BCUT2D eigenvalue weighted by Crippen LogP contribution is -2.29. The average molecular weight is 259 g/mol. The minimum Gasteiger partial charge on any atom is -0.383 e. The molecule has 102 valence electrons. The second-order valence-corrected chi connectivity index (χ2v) is 4.52. The summed E-state index contributed by atoms with van der Waals surface area (Å²) in [5, 5.41) is 3.60. The molecule has 0 aliphatic rings. The molecule has 0 spiro atoms. The van der Waals surface area contributed by atoms with Gasteiger partial charge in [-0.15, -0.1) is 0 Å². The van der Waals surface area contributed by atoms with Crippen LogP contribution in [-0.2, 0) is 4.74 Å². The van der Waals surface area contributed by atoms with E-state index < -0.39 is 0 Å². The van der Waals surface area contributed by atoms with E-state index in [-0.39, 0.29) is 12.1 Å². The summed E-state index contributed by atoms with van der Waals surface area (Å²) in [7, 11) is 1.73. The Morgan fingerprint density at radius 1 is 1.26 bits per heavy atom. The number of H-pyrrole nitrogens is 1. The number of hydrogen-bond acceptors (Lipinski definition) is 3. The van der Waals surface area contributed by atoms with Crippen molar-refractivity contribution in [1.82, 2.24) is 15.3 Å². The molecule has 19 heavy (non-hydrogen) atoms. The molecule has 1 aromatic heterocycles. The van der Waals surface area contributed by atoms with Crippen LogP contribution in [0.2, 0.25) is 0 Å². The maximum Gasteiger partial charge on any atom is 0.123 e. The van der Waals surface area contributed by atoms with Crippen molar-refractivity contribution in [3.05, 3.63) is 54.1 Å². The van der Waals surface area contributed by atoms with Gasteiger partial charge in [-0.25, -0.2) is 4.98 Å². The number of nitrogens with one attached hydrogen (secondary N) is 2. The molecule has 0 radical (unpaired) electrons. The summed E-state index contributed by atoms with van der Waals surface area (Å²) < 4.78 is 5.33. The van der Waals surface area contributed by atoms with E-state index in [9.17, 15) is 0 Å². The highest BCUT2D eigenvalue weighted by molar-refractivity contribution is 5.19. The first-order valence-corrected chi connectivity index (χ1v) is 6.64. The van der Waals surface area contributed by atoms with E-state index >= 15 is 0 Å². The number of hydrogen-bond donors (Lipinski definition) is 2. The minimum absolute atomic E-state index is 0.168. The number of aromatic amines is 1. The number of imidazole rings is 1. The molecule has 2 N–H and O–H groups in total. The predicted molar refractivity (Wildman–Crippen MR) is 75.8 cm³/mol. The molecular formula is C15H21N3O. The van der Waals surface area contributed by atoms with Gasteiger partial charge in [-0.05, 0) is 12.0 Å². The van der Waals surface area contributed by atoms with Crippen LogP contribution in [0.4, 0.5) is 0 Å². The Balaban J connectivity index is 2.12. The summed E-state index contributed by atoms with van der Waals surface area (Å²) >= 11 is 0. The molecular weight excluding hydrogens is 238 g/mol. The van der Waals surface area contributed by atoms with Gasteiger partial charge in [-0.2, -0.15) is 0 Å². The molecule has 0 bridgehead atoms. The first-order chi connectivity index (χ1) is 9.35. The van der Waals surface area contributed by atoms with Crippen molar-refractivity contribution >= 4 is 0 Å². The average Bonchev–Trinajstić information content (AvgIpc) is 2.98. The van der Waals surface area contributed by atoms with E-state index in [1.54, 1.807) is 13.3 Å². The molecule has 2 aromatic rings.